The van der Waals surface area contributed by atoms with Crippen molar-refractivity contribution in [3.05, 3.63) is 0 Å². The minimum absolute atomic E-state index is 0.0255. The van der Waals surface area contributed by atoms with Crippen molar-refractivity contribution >= 4 is 6.09 Å². The van der Waals surface area contributed by atoms with Crippen LogP contribution in [0.3, 0.4) is 0 Å². The Morgan fingerprint density at radius 1 is 0.909 bits per heavy atom. The summed E-state index contributed by atoms with van der Waals surface area (Å²) in [4.78, 5) is 14.9. The second-order valence-electron chi connectivity index (χ2n) is 9.07. The molecule has 122 valence electrons. The van der Waals surface area contributed by atoms with Crippen LogP contribution in [0.1, 0.15) is 70.6 Å². The highest BCUT2D eigenvalue weighted by Crippen LogP contribution is 2.58. The van der Waals surface area contributed by atoms with Gasteiger partial charge in [0.1, 0.15) is 6.10 Å². The van der Waals surface area contributed by atoms with E-state index < -0.39 is 0 Å². The Labute approximate surface area is 133 Å². The first-order valence-electron chi connectivity index (χ1n) is 9.70. The van der Waals surface area contributed by atoms with Crippen LogP contribution in [0.25, 0.3) is 0 Å². The Balaban J connectivity index is 1.36. The molecule has 0 radical (unpaired) electrons. The summed E-state index contributed by atoms with van der Waals surface area (Å²) in [6.45, 7) is 0.898. The van der Waals surface area contributed by atoms with Gasteiger partial charge in [0, 0.05) is 5.54 Å². The molecule has 5 aliphatic carbocycles. The van der Waals surface area contributed by atoms with Crippen molar-refractivity contribution in [2.24, 2.45) is 23.7 Å². The van der Waals surface area contributed by atoms with Crippen molar-refractivity contribution in [2.45, 2.75) is 82.3 Å². The van der Waals surface area contributed by atoms with Crippen LogP contribution < -0.4 is 0 Å². The van der Waals surface area contributed by atoms with Gasteiger partial charge in [0.05, 0.1) is 6.54 Å². The molecular formula is C19H29NO2. The van der Waals surface area contributed by atoms with Crippen LogP contribution in [0.5, 0.6) is 0 Å². The highest BCUT2D eigenvalue weighted by Gasteiger charge is 2.57. The number of ether oxygens (including phenoxy) is 1. The fourth-order valence-electron chi connectivity index (χ4n) is 7.02. The summed E-state index contributed by atoms with van der Waals surface area (Å²) in [5.41, 5.74) is 0.190. The van der Waals surface area contributed by atoms with Crippen LogP contribution in [-0.4, -0.2) is 29.2 Å². The number of carbonyl (C=O) groups is 1. The lowest BCUT2D eigenvalue weighted by Gasteiger charge is -2.59. The number of cyclic esters (lactones) is 1. The Morgan fingerprint density at radius 3 is 2.09 bits per heavy atom. The van der Waals surface area contributed by atoms with Gasteiger partial charge >= 0.3 is 6.09 Å². The predicted octanol–water partition coefficient (Wildman–Crippen LogP) is 4.36. The molecule has 22 heavy (non-hydrogen) atoms. The second kappa shape index (κ2) is 4.88. The van der Waals surface area contributed by atoms with Gasteiger partial charge in [-0.3, -0.25) is 4.90 Å². The van der Waals surface area contributed by atoms with E-state index in [0.717, 1.165) is 24.3 Å². The molecule has 0 aromatic rings. The molecule has 4 bridgehead atoms. The first-order chi connectivity index (χ1) is 10.7. The third-order valence-corrected chi connectivity index (χ3v) is 7.59. The van der Waals surface area contributed by atoms with Crippen molar-refractivity contribution < 1.29 is 9.53 Å². The van der Waals surface area contributed by atoms with Crippen LogP contribution in [0, 0.1) is 23.7 Å². The highest BCUT2D eigenvalue weighted by atomic mass is 16.6. The number of amides is 1. The molecule has 0 aromatic heterocycles. The topological polar surface area (TPSA) is 29.5 Å². The lowest BCUT2D eigenvalue weighted by molar-refractivity contribution is -0.0665. The number of rotatable bonds is 2. The maximum absolute atomic E-state index is 12.6. The molecule has 1 saturated heterocycles. The maximum atomic E-state index is 12.6. The number of hydrogen-bond donors (Lipinski definition) is 0. The molecule has 0 N–H and O–H groups in total. The first kappa shape index (κ1) is 13.7. The molecule has 5 saturated carbocycles. The van der Waals surface area contributed by atoms with E-state index >= 15 is 0 Å². The molecule has 1 heterocycles. The van der Waals surface area contributed by atoms with Gasteiger partial charge in [0.25, 0.3) is 0 Å². The van der Waals surface area contributed by atoms with E-state index in [0.29, 0.717) is 5.92 Å². The highest BCUT2D eigenvalue weighted by molar-refractivity contribution is 5.71. The van der Waals surface area contributed by atoms with E-state index in [2.05, 4.69) is 4.90 Å². The molecule has 0 unspecified atom stereocenters. The van der Waals surface area contributed by atoms with E-state index in [1.54, 1.807) is 0 Å². The molecule has 1 aliphatic heterocycles. The van der Waals surface area contributed by atoms with Gasteiger partial charge < -0.3 is 4.74 Å². The third kappa shape index (κ3) is 2.03. The van der Waals surface area contributed by atoms with Gasteiger partial charge in [0.15, 0.2) is 0 Å². The summed E-state index contributed by atoms with van der Waals surface area (Å²) in [6, 6.07) is 0. The van der Waals surface area contributed by atoms with Gasteiger partial charge in [0.2, 0.25) is 0 Å². The van der Waals surface area contributed by atoms with Crippen LogP contribution in [0.2, 0.25) is 0 Å². The SMILES string of the molecule is O=C1O[C@@H](C2CCCCC2)CN1C12CC3CC(CC(C3)C1)C2. The minimum Gasteiger partial charge on any atom is -0.444 e. The number of hydrogen-bond acceptors (Lipinski definition) is 2. The predicted molar refractivity (Wildman–Crippen MR) is 84.5 cm³/mol. The number of carbonyl (C=O) groups excluding carboxylic acids is 1. The molecule has 6 fully saturated rings. The molecule has 6 aliphatic rings. The van der Waals surface area contributed by atoms with Gasteiger partial charge in [-0.1, -0.05) is 19.3 Å². The van der Waals surface area contributed by atoms with E-state index in [1.165, 1.54) is 70.6 Å². The Bertz CT molecular complexity index is 433. The Kier molecular flexibility index (Phi) is 3.04. The lowest BCUT2D eigenvalue weighted by Crippen LogP contribution is -2.60. The van der Waals surface area contributed by atoms with Gasteiger partial charge in [-0.25, -0.2) is 4.79 Å². The molecule has 3 heteroatoms. The van der Waals surface area contributed by atoms with E-state index in [4.69, 9.17) is 4.74 Å². The monoisotopic (exact) mass is 303 g/mol. The Hall–Kier alpha value is -0.730. The van der Waals surface area contributed by atoms with Crippen LogP contribution in [0.15, 0.2) is 0 Å². The van der Waals surface area contributed by atoms with Gasteiger partial charge in [-0.2, -0.15) is 0 Å². The average Bonchev–Trinajstić information content (AvgIpc) is 2.90. The first-order valence-corrected chi connectivity index (χ1v) is 9.70. The smallest absolute Gasteiger partial charge is 0.410 e. The van der Waals surface area contributed by atoms with Crippen molar-refractivity contribution in [2.75, 3.05) is 6.54 Å². The standard InChI is InChI=1S/C19H29NO2/c21-18-20(12-17(22-18)16-4-2-1-3-5-16)19-9-13-6-14(10-19)8-15(7-13)11-19/h13-17H,1-12H2/t13?,14?,15?,17-,19?/m1/s1. The largest absolute Gasteiger partial charge is 0.444 e. The third-order valence-electron chi connectivity index (χ3n) is 7.59. The summed E-state index contributed by atoms with van der Waals surface area (Å²) in [7, 11) is 0. The molecule has 0 spiro atoms. The lowest BCUT2D eigenvalue weighted by atomic mass is 9.52. The normalized spacial score (nSPS) is 48.0. The van der Waals surface area contributed by atoms with E-state index in [9.17, 15) is 4.79 Å². The molecule has 1 atom stereocenters. The maximum Gasteiger partial charge on any atom is 0.410 e. The van der Waals surface area contributed by atoms with Crippen LogP contribution in [-0.2, 0) is 4.74 Å². The fraction of sp³-hybridized carbons (Fsp3) is 0.947. The quantitative estimate of drug-likeness (QED) is 0.758. The van der Waals surface area contributed by atoms with E-state index in [1.807, 2.05) is 0 Å². The summed E-state index contributed by atoms with van der Waals surface area (Å²) < 4.78 is 5.89. The van der Waals surface area contributed by atoms with E-state index in [-0.39, 0.29) is 17.7 Å². The summed E-state index contributed by atoms with van der Waals surface area (Å²) >= 11 is 0. The van der Waals surface area contributed by atoms with Crippen LogP contribution in [0.4, 0.5) is 4.79 Å². The molecule has 3 nitrogen and oxygen atoms in total. The average molecular weight is 303 g/mol. The molecule has 1 amide bonds. The zero-order chi connectivity index (χ0) is 14.7. The zero-order valence-electron chi connectivity index (χ0n) is 13.6. The van der Waals surface area contributed by atoms with Gasteiger partial charge in [-0.15, -0.1) is 0 Å². The van der Waals surface area contributed by atoms with Crippen LogP contribution >= 0.6 is 0 Å². The molecule has 6 rings (SSSR count). The number of nitrogens with zero attached hydrogens (tertiary/aromatic N) is 1. The zero-order valence-corrected chi connectivity index (χ0v) is 13.6. The van der Waals surface area contributed by atoms with Crippen molar-refractivity contribution in [1.29, 1.82) is 0 Å². The van der Waals surface area contributed by atoms with Gasteiger partial charge in [-0.05, 0) is 75.0 Å². The van der Waals surface area contributed by atoms with Crippen molar-refractivity contribution in [1.82, 2.24) is 4.90 Å². The van der Waals surface area contributed by atoms with Crippen molar-refractivity contribution in [3.8, 4) is 0 Å². The molecular weight excluding hydrogens is 274 g/mol. The van der Waals surface area contributed by atoms with Crippen molar-refractivity contribution in [3.63, 3.8) is 0 Å². The molecule has 0 aromatic carbocycles. The minimum atomic E-state index is 0.0255. The summed E-state index contributed by atoms with van der Waals surface area (Å²) in [6.07, 6.45) is 14.9. The second-order valence-corrected chi connectivity index (χ2v) is 9.07. The fourth-order valence-corrected chi connectivity index (χ4v) is 7.02. The Morgan fingerprint density at radius 2 is 1.50 bits per heavy atom. The summed E-state index contributed by atoms with van der Waals surface area (Å²) in [5, 5.41) is 0. The summed E-state index contributed by atoms with van der Waals surface area (Å²) in [5.74, 6) is 3.32.